The molecule has 0 aliphatic rings. The number of carbonyl (C=O) groups excluding carboxylic acids is 1. The number of nitrogens with one attached hydrogen (secondary N) is 1. The Morgan fingerprint density at radius 1 is 1.18 bits per heavy atom. The summed E-state index contributed by atoms with van der Waals surface area (Å²) in [6.45, 7) is 3.30. The number of carbonyl (C=O) groups is 1. The third kappa shape index (κ3) is 7.13. The smallest absolute Gasteiger partial charge is 0.322 e. The standard InChI is InChI=1S/C23H31ClFN3O5S/c1-16(13-28(17(2)15-29)23(30)26-21-11-6-5-10-20(21)25)22(33-4)14-27(3)34(31,32)19-9-7-8-18(24)12-19/h5-12,16-17,22,29H,13-15H2,1-4H3,(H,26,30)/t16-,17+,22+/m0/s1. The molecule has 188 valence electrons. The minimum atomic E-state index is -3.82. The number of aliphatic hydroxyl groups is 1. The van der Waals surface area contributed by atoms with Gasteiger partial charge < -0.3 is 20.1 Å². The van der Waals surface area contributed by atoms with E-state index in [1.54, 1.807) is 25.1 Å². The predicted molar refractivity (Wildman–Crippen MR) is 130 cm³/mol. The number of sulfonamides is 1. The molecule has 34 heavy (non-hydrogen) atoms. The van der Waals surface area contributed by atoms with Gasteiger partial charge in [0.15, 0.2) is 0 Å². The summed E-state index contributed by atoms with van der Waals surface area (Å²) in [5.74, 6) is -0.912. The molecule has 0 radical (unpaired) electrons. The monoisotopic (exact) mass is 515 g/mol. The maximum atomic E-state index is 14.0. The minimum Gasteiger partial charge on any atom is -0.394 e. The number of para-hydroxylation sites is 1. The summed E-state index contributed by atoms with van der Waals surface area (Å²) in [7, 11) is -0.920. The molecular formula is C23H31ClFN3O5S. The van der Waals surface area contributed by atoms with Crippen molar-refractivity contribution in [2.24, 2.45) is 5.92 Å². The average molecular weight is 516 g/mol. The number of hydrogen-bond donors (Lipinski definition) is 2. The maximum Gasteiger partial charge on any atom is 0.322 e. The third-order valence-electron chi connectivity index (χ3n) is 5.54. The van der Waals surface area contributed by atoms with Crippen LogP contribution in [0, 0.1) is 11.7 Å². The van der Waals surface area contributed by atoms with E-state index in [-0.39, 0.29) is 36.2 Å². The third-order valence-corrected chi connectivity index (χ3v) is 7.59. The molecule has 2 amide bonds. The van der Waals surface area contributed by atoms with Crippen LogP contribution in [0.1, 0.15) is 13.8 Å². The van der Waals surface area contributed by atoms with Gasteiger partial charge in [-0.25, -0.2) is 17.6 Å². The summed E-state index contributed by atoms with van der Waals surface area (Å²) in [4.78, 5) is 14.3. The van der Waals surface area contributed by atoms with Gasteiger partial charge in [-0.1, -0.05) is 36.7 Å². The summed E-state index contributed by atoms with van der Waals surface area (Å²) < 4.78 is 46.6. The lowest BCUT2D eigenvalue weighted by atomic mass is 10.0. The Kier molecular flexibility index (Phi) is 10.3. The molecule has 11 heteroatoms. The maximum absolute atomic E-state index is 14.0. The van der Waals surface area contributed by atoms with Crippen LogP contribution in [0.25, 0.3) is 0 Å². The number of hydrogen-bond acceptors (Lipinski definition) is 5. The molecule has 0 aliphatic heterocycles. The SMILES string of the molecule is CO[C@H](CN(C)S(=O)(=O)c1cccc(Cl)c1)[C@@H](C)CN(C(=O)Nc1ccccc1F)[C@H](C)CO. The highest BCUT2D eigenvalue weighted by molar-refractivity contribution is 7.89. The van der Waals surface area contributed by atoms with E-state index < -0.39 is 34.0 Å². The number of halogens is 2. The molecule has 0 saturated carbocycles. The van der Waals surface area contributed by atoms with Crippen LogP contribution in [0.5, 0.6) is 0 Å². The van der Waals surface area contributed by atoms with E-state index >= 15 is 0 Å². The molecular weight excluding hydrogens is 485 g/mol. The van der Waals surface area contributed by atoms with Gasteiger partial charge in [-0.2, -0.15) is 4.31 Å². The lowest BCUT2D eigenvalue weighted by molar-refractivity contribution is 0.0305. The molecule has 0 unspecified atom stereocenters. The largest absolute Gasteiger partial charge is 0.394 e. The van der Waals surface area contributed by atoms with Gasteiger partial charge in [0.05, 0.1) is 29.3 Å². The first kappa shape index (κ1) is 28.0. The van der Waals surface area contributed by atoms with Gasteiger partial charge >= 0.3 is 6.03 Å². The molecule has 2 N–H and O–H groups in total. The van der Waals surface area contributed by atoms with Crippen molar-refractivity contribution in [3.63, 3.8) is 0 Å². The second-order valence-corrected chi connectivity index (χ2v) is 10.6. The summed E-state index contributed by atoms with van der Waals surface area (Å²) >= 11 is 5.94. The summed E-state index contributed by atoms with van der Waals surface area (Å²) in [5.41, 5.74) is 0.0194. The van der Waals surface area contributed by atoms with Crippen molar-refractivity contribution in [3.8, 4) is 0 Å². The molecule has 0 heterocycles. The molecule has 2 aromatic rings. The molecule has 0 spiro atoms. The van der Waals surface area contributed by atoms with E-state index in [0.29, 0.717) is 5.02 Å². The Morgan fingerprint density at radius 3 is 2.44 bits per heavy atom. The number of nitrogens with zero attached hydrogens (tertiary/aromatic N) is 2. The van der Waals surface area contributed by atoms with Crippen molar-refractivity contribution in [1.29, 1.82) is 0 Å². The number of anilines is 1. The minimum absolute atomic E-state index is 0.0167. The van der Waals surface area contributed by atoms with E-state index in [0.717, 1.165) is 0 Å². The molecule has 2 rings (SSSR count). The average Bonchev–Trinajstić information content (AvgIpc) is 2.81. The number of rotatable bonds is 11. The van der Waals surface area contributed by atoms with E-state index in [4.69, 9.17) is 16.3 Å². The van der Waals surface area contributed by atoms with Crippen molar-refractivity contribution in [3.05, 3.63) is 59.4 Å². The van der Waals surface area contributed by atoms with Gasteiger partial charge in [-0.05, 0) is 37.3 Å². The van der Waals surface area contributed by atoms with Crippen LogP contribution >= 0.6 is 11.6 Å². The fraction of sp³-hybridized carbons (Fsp3) is 0.435. The Morgan fingerprint density at radius 2 is 1.85 bits per heavy atom. The lowest BCUT2D eigenvalue weighted by Gasteiger charge is -2.34. The van der Waals surface area contributed by atoms with Crippen LogP contribution in [0.2, 0.25) is 5.02 Å². The van der Waals surface area contributed by atoms with E-state index in [2.05, 4.69) is 5.32 Å². The van der Waals surface area contributed by atoms with Crippen molar-refractivity contribution in [1.82, 2.24) is 9.21 Å². The van der Waals surface area contributed by atoms with Gasteiger partial charge in [0.25, 0.3) is 0 Å². The number of ether oxygens (including phenoxy) is 1. The van der Waals surface area contributed by atoms with E-state index in [1.807, 2.05) is 6.92 Å². The molecule has 0 fully saturated rings. The fourth-order valence-electron chi connectivity index (χ4n) is 3.38. The van der Waals surface area contributed by atoms with Crippen LogP contribution in [0.4, 0.5) is 14.9 Å². The van der Waals surface area contributed by atoms with Crippen LogP contribution in [-0.4, -0.2) is 74.8 Å². The van der Waals surface area contributed by atoms with E-state index in [9.17, 15) is 22.7 Å². The van der Waals surface area contributed by atoms with E-state index in [1.165, 1.54) is 53.7 Å². The topological polar surface area (TPSA) is 99.2 Å². The summed E-state index contributed by atoms with van der Waals surface area (Å²) in [5, 5.41) is 12.5. The highest BCUT2D eigenvalue weighted by Gasteiger charge is 2.30. The van der Waals surface area contributed by atoms with Crippen LogP contribution in [-0.2, 0) is 14.8 Å². The molecule has 0 bridgehead atoms. The number of benzene rings is 2. The molecule has 8 nitrogen and oxygen atoms in total. The predicted octanol–water partition coefficient (Wildman–Crippen LogP) is 3.67. The van der Waals surface area contributed by atoms with Crippen LogP contribution in [0.3, 0.4) is 0 Å². The molecule has 0 saturated heterocycles. The van der Waals surface area contributed by atoms with Crippen LogP contribution in [0.15, 0.2) is 53.4 Å². The molecule has 0 aromatic heterocycles. The highest BCUT2D eigenvalue weighted by Crippen LogP contribution is 2.21. The summed E-state index contributed by atoms with van der Waals surface area (Å²) in [6, 6.07) is 10.6. The lowest BCUT2D eigenvalue weighted by Crippen LogP contribution is -2.49. The molecule has 3 atom stereocenters. The number of amides is 2. The highest BCUT2D eigenvalue weighted by atomic mass is 35.5. The number of methoxy groups -OCH3 is 1. The first-order valence-electron chi connectivity index (χ1n) is 10.7. The Bertz CT molecular complexity index is 1070. The zero-order valence-electron chi connectivity index (χ0n) is 19.6. The second-order valence-electron chi connectivity index (χ2n) is 8.09. The first-order chi connectivity index (χ1) is 16.0. The number of likely N-dealkylation sites (N-methyl/N-ethyl adjacent to an activating group) is 1. The van der Waals surface area contributed by atoms with Crippen molar-refractivity contribution in [2.45, 2.75) is 30.9 Å². The first-order valence-corrected chi connectivity index (χ1v) is 12.5. The zero-order valence-corrected chi connectivity index (χ0v) is 21.2. The van der Waals surface area contributed by atoms with Crippen molar-refractivity contribution in [2.75, 3.05) is 39.2 Å². The summed E-state index contributed by atoms with van der Waals surface area (Å²) in [6.07, 6.45) is -0.575. The molecule has 0 aliphatic carbocycles. The van der Waals surface area contributed by atoms with Gasteiger partial charge in [-0.3, -0.25) is 0 Å². The van der Waals surface area contributed by atoms with Gasteiger partial charge in [0.2, 0.25) is 10.0 Å². The van der Waals surface area contributed by atoms with Gasteiger partial charge in [-0.15, -0.1) is 0 Å². The quantitative estimate of drug-likeness (QED) is 0.476. The van der Waals surface area contributed by atoms with Crippen molar-refractivity contribution >= 4 is 33.3 Å². The Hall–Kier alpha value is -2.24. The fourth-order valence-corrected chi connectivity index (χ4v) is 4.87. The Labute approximate surface area is 205 Å². The Balaban J connectivity index is 2.15. The second kappa shape index (κ2) is 12.5. The molecule has 2 aromatic carbocycles. The normalized spacial score (nSPS) is 14.5. The zero-order chi connectivity index (χ0) is 25.5. The number of urea groups is 1. The van der Waals surface area contributed by atoms with Crippen molar-refractivity contribution < 1.29 is 27.4 Å². The van der Waals surface area contributed by atoms with Crippen LogP contribution < -0.4 is 5.32 Å². The van der Waals surface area contributed by atoms with Gasteiger partial charge in [0.1, 0.15) is 5.82 Å². The van der Waals surface area contributed by atoms with Gasteiger partial charge in [0, 0.05) is 38.2 Å². The number of aliphatic hydroxyl groups excluding tert-OH is 1.